The van der Waals surface area contributed by atoms with Gasteiger partial charge >= 0.3 is 0 Å². The van der Waals surface area contributed by atoms with Gasteiger partial charge in [-0.2, -0.15) is 0 Å². The second-order valence-electron chi connectivity index (χ2n) is 4.11. The predicted octanol–water partition coefficient (Wildman–Crippen LogP) is 1.39. The Labute approximate surface area is 101 Å². The highest BCUT2D eigenvalue weighted by Gasteiger charge is 2.16. The molecule has 0 radical (unpaired) electrons. The standard InChI is InChI=1S/C13H19FN2O/c1-3-16-13(17)11(8-15)7-10-4-5-12(14)9(2)6-10/h4-6,11H,3,7-8,15H2,1-2H3,(H,16,17). The van der Waals surface area contributed by atoms with Gasteiger partial charge < -0.3 is 11.1 Å². The molecule has 1 rings (SSSR count). The van der Waals surface area contributed by atoms with Crippen LogP contribution in [0.5, 0.6) is 0 Å². The molecule has 4 heteroatoms. The molecule has 3 N–H and O–H groups in total. The van der Waals surface area contributed by atoms with Crippen LogP contribution in [0.1, 0.15) is 18.1 Å². The Balaban J connectivity index is 2.73. The van der Waals surface area contributed by atoms with Crippen molar-refractivity contribution in [3.05, 3.63) is 35.1 Å². The molecule has 1 atom stereocenters. The highest BCUT2D eigenvalue weighted by molar-refractivity contribution is 5.79. The Morgan fingerprint density at radius 2 is 2.24 bits per heavy atom. The number of halogens is 1. The van der Waals surface area contributed by atoms with Gasteiger partial charge in [0.1, 0.15) is 5.82 Å². The summed E-state index contributed by atoms with van der Waals surface area (Å²) in [6.45, 7) is 4.47. The third-order valence-corrected chi connectivity index (χ3v) is 2.71. The molecule has 0 aliphatic heterocycles. The smallest absolute Gasteiger partial charge is 0.224 e. The normalized spacial score (nSPS) is 12.2. The lowest BCUT2D eigenvalue weighted by Crippen LogP contribution is -2.36. The van der Waals surface area contributed by atoms with Gasteiger partial charge in [-0.15, -0.1) is 0 Å². The minimum absolute atomic E-state index is 0.0445. The fraction of sp³-hybridized carbons (Fsp3) is 0.462. The number of rotatable bonds is 5. The van der Waals surface area contributed by atoms with Crippen LogP contribution in [0.3, 0.4) is 0 Å². The lowest BCUT2D eigenvalue weighted by molar-refractivity contribution is -0.124. The lowest BCUT2D eigenvalue weighted by atomic mass is 9.97. The molecule has 0 saturated carbocycles. The van der Waals surface area contributed by atoms with Gasteiger partial charge in [-0.25, -0.2) is 4.39 Å². The van der Waals surface area contributed by atoms with Crippen molar-refractivity contribution in [1.29, 1.82) is 0 Å². The fourth-order valence-electron chi connectivity index (χ4n) is 1.72. The topological polar surface area (TPSA) is 55.1 Å². The molecule has 1 aromatic rings. The molecule has 17 heavy (non-hydrogen) atoms. The molecule has 0 aromatic heterocycles. The van der Waals surface area contributed by atoms with Crippen LogP contribution < -0.4 is 11.1 Å². The summed E-state index contributed by atoms with van der Waals surface area (Å²) in [6.07, 6.45) is 0.545. The Morgan fingerprint density at radius 1 is 1.53 bits per heavy atom. The van der Waals surface area contributed by atoms with E-state index in [2.05, 4.69) is 5.32 Å². The molecule has 94 valence electrons. The number of amides is 1. The zero-order chi connectivity index (χ0) is 12.8. The van der Waals surface area contributed by atoms with Gasteiger partial charge in [-0.05, 0) is 37.5 Å². The van der Waals surface area contributed by atoms with Gasteiger partial charge in [0.05, 0.1) is 5.92 Å². The van der Waals surface area contributed by atoms with Crippen LogP contribution in [-0.4, -0.2) is 19.0 Å². The molecule has 3 nitrogen and oxygen atoms in total. The lowest BCUT2D eigenvalue weighted by Gasteiger charge is -2.14. The molecule has 0 spiro atoms. The first-order valence-electron chi connectivity index (χ1n) is 5.81. The maximum absolute atomic E-state index is 13.1. The highest BCUT2D eigenvalue weighted by Crippen LogP contribution is 2.13. The second kappa shape index (κ2) is 6.35. The quantitative estimate of drug-likeness (QED) is 0.814. The van der Waals surface area contributed by atoms with Crippen molar-refractivity contribution in [2.75, 3.05) is 13.1 Å². The maximum atomic E-state index is 13.1. The Morgan fingerprint density at radius 3 is 2.76 bits per heavy atom. The number of nitrogens with one attached hydrogen (secondary N) is 1. The first-order chi connectivity index (χ1) is 8.08. The van der Waals surface area contributed by atoms with Crippen LogP contribution >= 0.6 is 0 Å². The molecule has 0 aliphatic carbocycles. The molecule has 1 unspecified atom stereocenters. The molecule has 0 heterocycles. The van der Waals surface area contributed by atoms with E-state index < -0.39 is 0 Å². The summed E-state index contributed by atoms with van der Waals surface area (Å²) in [5.74, 6) is -0.521. The summed E-state index contributed by atoms with van der Waals surface area (Å²) >= 11 is 0. The molecular weight excluding hydrogens is 219 g/mol. The molecule has 0 saturated heterocycles. The maximum Gasteiger partial charge on any atom is 0.224 e. The molecular formula is C13H19FN2O. The number of carbonyl (C=O) groups excluding carboxylic acids is 1. The third kappa shape index (κ3) is 3.82. The van der Waals surface area contributed by atoms with Crippen molar-refractivity contribution in [3.63, 3.8) is 0 Å². The number of nitrogens with two attached hydrogens (primary N) is 1. The first-order valence-corrected chi connectivity index (χ1v) is 5.81. The summed E-state index contributed by atoms with van der Waals surface area (Å²) in [6, 6.07) is 4.89. The SMILES string of the molecule is CCNC(=O)C(CN)Cc1ccc(F)c(C)c1. The van der Waals surface area contributed by atoms with Crippen molar-refractivity contribution < 1.29 is 9.18 Å². The van der Waals surface area contributed by atoms with Crippen LogP contribution in [0, 0.1) is 18.7 Å². The minimum atomic E-state index is -0.250. The third-order valence-electron chi connectivity index (χ3n) is 2.71. The molecule has 1 amide bonds. The summed E-state index contributed by atoms with van der Waals surface area (Å²) in [7, 11) is 0. The zero-order valence-electron chi connectivity index (χ0n) is 10.3. The average molecular weight is 238 g/mol. The van der Waals surface area contributed by atoms with Gasteiger partial charge in [0.25, 0.3) is 0 Å². The van der Waals surface area contributed by atoms with E-state index >= 15 is 0 Å². The number of carbonyl (C=O) groups is 1. The number of hydrogen-bond donors (Lipinski definition) is 2. The molecule has 0 bridgehead atoms. The number of benzene rings is 1. The number of aryl methyl sites for hydroxylation is 1. The second-order valence-corrected chi connectivity index (χ2v) is 4.11. The minimum Gasteiger partial charge on any atom is -0.356 e. The van der Waals surface area contributed by atoms with Crippen LogP contribution in [0.15, 0.2) is 18.2 Å². The summed E-state index contributed by atoms with van der Waals surface area (Å²) in [5, 5.41) is 2.75. The summed E-state index contributed by atoms with van der Waals surface area (Å²) < 4.78 is 13.1. The Hall–Kier alpha value is -1.42. The molecule has 0 aliphatic rings. The highest BCUT2D eigenvalue weighted by atomic mass is 19.1. The van der Waals surface area contributed by atoms with E-state index in [1.165, 1.54) is 6.07 Å². The van der Waals surface area contributed by atoms with Crippen LogP contribution in [0.4, 0.5) is 4.39 Å². The van der Waals surface area contributed by atoms with Gasteiger partial charge in [0.2, 0.25) is 5.91 Å². The summed E-state index contributed by atoms with van der Waals surface area (Å²) in [4.78, 5) is 11.7. The van der Waals surface area contributed by atoms with E-state index in [1.54, 1.807) is 19.1 Å². The first kappa shape index (κ1) is 13.6. The summed E-state index contributed by atoms with van der Waals surface area (Å²) in [5.41, 5.74) is 7.11. The number of hydrogen-bond acceptors (Lipinski definition) is 2. The van der Waals surface area contributed by atoms with E-state index in [1.807, 2.05) is 6.92 Å². The fourth-order valence-corrected chi connectivity index (χ4v) is 1.72. The monoisotopic (exact) mass is 238 g/mol. The average Bonchev–Trinajstić information content (AvgIpc) is 2.30. The van der Waals surface area contributed by atoms with Crippen molar-refractivity contribution >= 4 is 5.91 Å². The van der Waals surface area contributed by atoms with Crippen LogP contribution in [0.2, 0.25) is 0 Å². The van der Waals surface area contributed by atoms with Crippen molar-refractivity contribution in [2.45, 2.75) is 20.3 Å². The molecule has 0 fully saturated rings. The van der Waals surface area contributed by atoms with Crippen LogP contribution in [-0.2, 0) is 11.2 Å². The largest absolute Gasteiger partial charge is 0.356 e. The Kier molecular flexibility index (Phi) is 5.10. The van der Waals surface area contributed by atoms with Crippen molar-refractivity contribution in [3.8, 4) is 0 Å². The van der Waals surface area contributed by atoms with Crippen LogP contribution in [0.25, 0.3) is 0 Å². The van der Waals surface area contributed by atoms with Gasteiger partial charge in [-0.3, -0.25) is 4.79 Å². The predicted molar refractivity (Wildman–Crippen MR) is 66.1 cm³/mol. The van der Waals surface area contributed by atoms with Gasteiger partial charge in [0, 0.05) is 13.1 Å². The zero-order valence-corrected chi connectivity index (χ0v) is 10.3. The van der Waals surface area contributed by atoms with Gasteiger partial charge in [-0.1, -0.05) is 12.1 Å². The van der Waals surface area contributed by atoms with Gasteiger partial charge in [0.15, 0.2) is 0 Å². The van der Waals surface area contributed by atoms with E-state index in [9.17, 15) is 9.18 Å². The van der Waals surface area contributed by atoms with Crippen molar-refractivity contribution in [1.82, 2.24) is 5.32 Å². The Bertz CT molecular complexity index is 393. The van der Waals surface area contributed by atoms with E-state index in [0.717, 1.165) is 5.56 Å². The van der Waals surface area contributed by atoms with E-state index in [-0.39, 0.29) is 17.6 Å². The molecule has 1 aromatic carbocycles. The van der Waals surface area contributed by atoms with Crippen molar-refractivity contribution in [2.24, 2.45) is 11.7 Å². The van der Waals surface area contributed by atoms with E-state index in [0.29, 0.717) is 25.1 Å². The van der Waals surface area contributed by atoms with E-state index in [4.69, 9.17) is 5.73 Å².